The monoisotopic (exact) mass is 224 g/mol. The molecule has 0 radical (unpaired) electrons. The predicted octanol–water partition coefficient (Wildman–Crippen LogP) is 0.858. The Bertz CT molecular complexity index is 431. The number of carbonyl (C=O) groups is 1. The van der Waals surface area contributed by atoms with E-state index >= 15 is 0 Å². The Labute approximate surface area is 91.8 Å². The molecular weight excluding hydrogens is 212 g/mol. The lowest BCUT2D eigenvalue weighted by atomic mass is 9.99. The SMILES string of the molecule is Cc1cccc([N+](=O)[O-])c1C[C@H](N)C(=O)O. The minimum Gasteiger partial charge on any atom is -0.480 e. The molecule has 0 unspecified atom stereocenters. The summed E-state index contributed by atoms with van der Waals surface area (Å²) < 4.78 is 0. The van der Waals surface area contributed by atoms with E-state index in [2.05, 4.69) is 0 Å². The molecular formula is C10H12N2O4. The van der Waals surface area contributed by atoms with Crippen molar-refractivity contribution in [2.24, 2.45) is 5.73 Å². The maximum Gasteiger partial charge on any atom is 0.320 e. The van der Waals surface area contributed by atoms with Crippen molar-refractivity contribution >= 4 is 11.7 Å². The highest BCUT2D eigenvalue weighted by atomic mass is 16.6. The van der Waals surface area contributed by atoms with Crippen molar-refractivity contribution in [2.45, 2.75) is 19.4 Å². The van der Waals surface area contributed by atoms with Crippen molar-refractivity contribution in [3.05, 3.63) is 39.4 Å². The quantitative estimate of drug-likeness (QED) is 0.582. The Morgan fingerprint density at radius 1 is 1.62 bits per heavy atom. The molecule has 1 aromatic carbocycles. The maximum absolute atomic E-state index is 10.7. The Balaban J connectivity index is 3.11. The van der Waals surface area contributed by atoms with E-state index in [0.29, 0.717) is 11.1 Å². The number of carboxylic acids is 1. The molecule has 0 heterocycles. The van der Waals surface area contributed by atoms with E-state index in [0.717, 1.165) is 0 Å². The van der Waals surface area contributed by atoms with E-state index in [4.69, 9.17) is 10.8 Å². The van der Waals surface area contributed by atoms with Crippen LogP contribution in [0.1, 0.15) is 11.1 Å². The Hall–Kier alpha value is -1.95. The van der Waals surface area contributed by atoms with E-state index in [1.165, 1.54) is 6.07 Å². The zero-order valence-electron chi connectivity index (χ0n) is 8.71. The fraction of sp³-hybridized carbons (Fsp3) is 0.300. The normalized spacial score (nSPS) is 12.1. The van der Waals surface area contributed by atoms with Gasteiger partial charge in [-0.05, 0) is 12.5 Å². The number of nitro groups is 1. The van der Waals surface area contributed by atoms with Crippen LogP contribution in [-0.2, 0) is 11.2 Å². The molecule has 0 saturated carbocycles. The Morgan fingerprint density at radius 3 is 2.75 bits per heavy atom. The van der Waals surface area contributed by atoms with Crippen molar-refractivity contribution in [3.63, 3.8) is 0 Å². The molecule has 0 aliphatic heterocycles. The number of carboxylic acid groups (broad SMARTS) is 1. The molecule has 0 spiro atoms. The highest BCUT2D eigenvalue weighted by Crippen LogP contribution is 2.22. The molecule has 0 aliphatic rings. The zero-order valence-corrected chi connectivity index (χ0v) is 8.71. The van der Waals surface area contributed by atoms with Gasteiger partial charge >= 0.3 is 5.97 Å². The number of hydrogen-bond acceptors (Lipinski definition) is 4. The summed E-state index contributed by atoms with van der Waals surface area (Å²) in [6, 6.07) is 3.47. The summed E-state index contributed by atoms with van der Waals surface area (Å²) in [6.45, 7) is 1.69. The second-order valence-corrected chi connectivity index (χ2v) is 3.48. The number of nitro benzene ring substituents is 1. The minimum absolute atomic E-state index is 0.0433. The van der Waals surface area contributed by atoms with Gasteiger partial charge in [0.15, 0.2) is 0 Å². The number of benzene rings is 1. The molecule has 0 aromatic heterocycles. The molecule has 1 aromatic rings. The third-order valence-electron chi connectivity index (χ3n) is 2.32. The van der Waals surface area contributed by atoms with Crippen molar-refractivity contribution in [1.29, 1.82) is 0 Å². The first-order valence-corrected chi connectivity index (χ1v) is 4.64. The van der Waals surface area contributed by atoms with Crippen LogP contribution in [0.4, 0.5) is 5.69 Å². The molecule has 6 nitrogen and oxygen atoms in total. The van der Waals surface area contributed by atoms with Gasteiger partial charge < -0.3 is 10.8 Å². The number of aryl methyl sites for hydroxylation is 1. The lowest BCUT2D eigenvalue weighted by Gasteiger charge is -2.09. The highest BCUT2D eigenvalue weighted by molar-refractivity contribution is 5.74. The van der Waals surface area contributed by atoms with Gasteiger partial charge in [0.05, 0.1) is 4.92 Å². The fourth-order valence-electron chi connectivity index (χ4n) is 1.43. The first-order chi connectivity index (χ1) is 7.43. The van der Waals surface area contributed by atoms with E-state index < -0.39 is 16.9 Å². The average Bonchev–Trinajstić information content (AvgIpc) is 2.20. The number of hydrogen-bond donors (Lipinski definition) is 2. The van der Waals surface area contributed by atoms with Crippen LogP contribution in [0.5, 0.6) is 0 Å². The van der Waals surface area contributed by atoms with Crippen molar-refractivity contribution in [1.82, 2.24) is 0 Å². The molecule has 0 fully saturated rings. The lowest BCUT2D eigenvalue weighted by molar-refractivity contribution is -0.385. The van der Waals surface area contributed by atoms with Gasteiger partial charge in [-0.3, -0.25) is 14.9 Å². The number of rotatable bonds is 4. The first-order valence-electron chi connectivity index (χ1n) is 4.64. The molecule has 6 heteroatoms. The van der Waals surface area contributed by atoms with Crippen LogP contribution in [0.25, 0.3) is 0 Å². The van der Waals surface area contributed by atoms with Crippen molar-refractivity contribution < 1.29 is 14.8 Å². The predicted molar refractivity (Wildman–Crippen MR) is 57.1 cm³/mol. The average molecular weight is 224 g/mol. The molecule has 0 aliphatic carbocycles. The summed E-state index contributed by atoms with van der Waals surface area (Å²) in [6.07, 6.45) is -0.0433. The zero-order chi connectivity index (χ0) is 12.3. The molecule has 1 rings (SSSR count). The van der Waals surface area contributed by atoms with Gasteiger partial charge in [-0.2, -0.15) is 0 Å². The van der Waals surface area contributed by atoms with Gasteiger partial charge in [0.2, 0.25) is 0 Å². The summed E-state index contributed by atoms with van der Waals surface area (Å²) in [5.41, 5.74) is 6.33. The van der Waals surface area contributed by atoms with Crippen LogP contribution in [-0.4, -0.2) is 22.0 Å². The Kier molecular flexibility index (Phi) is 3.57. The van der Waals surface area contributed by atoms with Crippen LogP contribution in [0, 0.1) is 17.0 Å². The number of nitrogens with two attached hydrogens (primary N) is 1. The van der Waals surface area contributed by atoms with Gasteiger partial charge in [-0.15, -0.1) is 0 Å². The van der Waals surface area contributed by atoms with Gasteiger partial charge in [0.25, 0.3) is 5.69 Å². The molecule has 3 N–H and O–H groups in total. The van der Waals surface area contributed by atoms with Crippen LogP contribution in [0.2, 0.25) is 0 Å². The van der Waals surface area contributed by atoms with Crippen LogP contribution in [0.3, 0.4) is 0 Å². The summed E-state index contributed by atoms with van der Waals surface area (Å²) in [7, 11) is 0. The van der Waals surface area contributed by atoms with Crippen molar-refractivity contribution in [3.8, 4) is 0 Å². The summed E-state index contributed by atoms with van der Waals surface area (Å²) in [4.78, 5) is 20.8. The smallest absolute Gasteiger partial charge is 0.320 e. The van der Waals surface area contributed by atoms with Gasteiger partial charge in [0.1, 0.15) is 6.04 Å². The standard InChI is InChI=1S/C10H12N2O4/c1-6-3-2-4-9(12(15)16)7(6)5-8(11)10(13)14/h2-4,8H,5,11H2,1H3,(H,13,14)/t8-/m0/s1. The topological polar surface area (TPSA) is 106 Å². The van der Waals surface area contributed by atoms with Crippen LogP contribution < -0.4 is 5.73 Å². The van der Waals surface area contributed by atoms with Crippen LogP contribution >= 0.6 is 0 Å². The number of nitrogens with zero attached hydrogens (tertiary/aromatic N) is 1. The molecule has 1 atom stereocenters. The third-order valence-corrected chi connectivity index (χ3v) is 2.32. The largest absolute Gasteiger partial charge is 0.480 e. The van der Waals surface area contributed by atoms with Crippen molar-refractivity contribution in [2.75, 3.05) is 0 Å². The van der Waals surface area contributed by atoms with Gasteiger partial charge in [-0.25, -0.2) is 0 Å². The van der Waals surface area contributed by atoms with Crippen LogP contribution in [0.15, 0.2) is 18.2 Å². The summed E-state index contributed by atoms with van der Waals surface area (Å²) in [5.74, 6) is -1.17. The third kappa shape index (κ3) is 2.54. The van der Waals surface area contributed by atoms with E-state index in [1.54, 1.807) is 19.1 Å². The van der Waals surface area contributed by atoms with E-state index in [-0.39, 0.29) is 12.1 Å². The molecule has 16 heavy (non-hydrogen) atoms. The van der Waals surface area contributed by atoms with Gasteiger partial charge in [-0.1, -0.05) is 12.1 Å². The number of aliphatic carboxylic acids is 1. The van der Waals surface area contributed by atoms with Gasteiger partial charge in [0, 0.05) is 18.1 Å². The Morgan fingerprint density at radius 2 is 2.25 bits per heavy atom. The molecule has 86 valence electrons. The molecule has 0 amide bonds. The first kappa shape index (κ1) is 12.1. The molecule has 0 bridgehead atoms. The summed E-state index contributed by atoms with van der Waals surface area (Å²) >= 11 is 0. The molecule has 0 saturated heterocycles. The second kappa shape index (κ2) is 4.71. The second-order valence-electron chi connectivity index (χ2n) is 3.48. The van der Waals surface area contributed by atoms with E-state index in [9.17, 15) is 14.9 Å². The van der Waals surface area contributed by atoms with E-state index in [1.807, 2.05) is 0 Å². The highest BCUT2D eigenvalue weighted by Gasteiger charge is 2.21. The fourth-order valence-corrected chi connectivity index (χ4v) is 1.43. The summed E-state index contributed by atoms with van der Waals surface area (Å²) in [5, 5.41) is 19.4. The maximum atomic E-state index is 10.7. The lowest BCUT2D eigenvalue weighted by Crippen LogP contribution is -2.32. The minimum atomic E-state index is -1.17.